The summed E-state index contributed by atoms with van der Waals surface area (Å²) in [6, 6.07) is 7.98. The number of carbonyl (C=O) groups excluding carboxylic acids is 1. The highest BCUT2D eigenvalue weighted by atomic mass is 16.5. The zero-order chi connectivity index (χ0) is 14.5. The van der Waals surface area contributed by atoms with Gasteiger partial charge in [-0.05, 0) is 38.0 Å². The molecule has 1 aromatic carbocycles. The fourth-order valence-corrected chi connectivity index (χ4v) is 2.16. The Morgan fingerprint density at radius 1 is 1.25 bits per heavy atom. The zero-order valence-corrected chi connectivity index (χ0v) is 12.2. The number of rotatable bonds is 5. The molecule has 4 nitrogen and oxygen atoms in total. The molecule has 106 valence electrons. The molecule has 2 rings (SSSR count). The maximum Gasteiger partial charge on any atom is 0.228 e. The van der Waals surface area contributed by atoms with Crippen LogP contribution in [0.25, 0.3) is 0 Å². The van der Waals surface area contributed by atoms with Gasteiger partial charge >= 0.3 is 0 Å². The molecule has 0 unspecified atom stereocenters. The van der Waals surface area contributed by atoms with Crippen LogP contribution in [-0.4, -0.2) is 11.1 Å². The Morgan fingerprint density at radius 2 is 1.95 bits per heavy atom. The molecule has 1 N–H and O–H groups in total. The predicted octanol–water partition coefficient (Wildman–Crippen LogP) is 3.43. The molecular formula is C16H20N2O2. The zero-order valence-electron chi connectivity index (χ0n) is 12.2. The van der Waals surface area contributed by atoms with Crippen LogP contribution < -0.4 is 5.32 Å². The van der Waals surface area contributed by atoms with Gasteiger partial charge in [0.05, 0.1) is 12.1 Å². The van der Waals surface area contributed by atoms with Crippen molar-refractivity contribution in [3.8, 4) is 0 Å². The monoisotopic (exact) mass is 272 g/mol. The van der Waals surface area contributed by atoms with E-state index in [0.717, 1.165) is 29.8 Å². The summed E-state index contributed by atoms with van der Waals surface area (Å²) >= 11 is 0. The van der Waals surface area contributed by atoms with Gasteiger partial charge in [-0.15, -0.1) is 0 Å². The van der Waals surface area contributed by atoms with Crippen molar-refractivity contribution in [2.24, 2.45) is 0 Å². The van der Waals surface area contributed by atoms with Gasteiger partial charge in [0.2, 0.25) is 5.91 Å². The van der Waals surface area contributed by atoms with E-state index in [0.29, 0.717) is 5.76 Å². The van der Waals surface area contributed by atoms with Crippen LogP contribution in [0.15, 0.2) is 28.8 Å². The van der Waals surface area contributed by atoms with Crippen LogP contribution in [0.5, 0.6) is 0 Å². The standard InChI is InChI=1S/C16H20N2O2/c1-4-5-13-6-8-14(9-7-13)17-16(19)10-15-11(2)18-20-12(15)3/h6-9H,4-5,10H2,1-3H3,(H,17,19). The van der Waals surface area contributed by atoms with E-state index in [1.165, 1.54) is 5.56 Å². The number of hydrogen-bond acceptors (Lipinski definition) is 3. The van der Waals surface area contributed by atoms with Gasteiger partial charge in [-0.25, -0.2) is 0 Å². The molecule has 1 aromatic heterocycles. The highest BCUT2D eigenvalue weighted by molar-refractivity contribution is 5.92. The number of amides is 1. The molecule has 4 heteroatoms. The van der Waals surface area contributed by atoms with Crippen LogP contribution in [-0.2, 0) is 17.6 Å². The van der Waals surface area contributed by atoms with Gasteiger partial charge in [0, 0.05) is 11.3 Å². The first-order valence-corrected chi connectivity index (χ1v) is 6.90. The van der Waals surface area contributed by atoms with Gasteiger partial charge in [-0.2, -0.15) is 0 Å². The number of anilines is 1. The first-order chi connectivity index (χ1) is 9.60. The molecule has 0 radical (unpaired) electrons. The molecule has 0 aliphatic rings. The molecule has 1 heterocycles. The third-order valence-electron chi connectivity index (χ3n) is 3.29. The molecule has 0 saturated heterocycles. The van der Waals surface area contributed by atoms with Crippen LogP contribution in [0.1, 0.15) is 35.9 Å². The molecular weight excluding hydrogens is 252 g/mol. The van der Waals surface area contributed by atoms with Gasteiger partial charge < -0.3 is 9.84 Å². The Bertz CT molecular complexity index is 566. The largest absolute Gasteiger partial charge is 0.361 e. The second kappa shape index (κ2) is 6.37. The summed E-state index contributed by atoms with van der Waals surface area (Å²) in [6.07, 6.45) is 2.48. The average molecular weight is 272 g/mol. The van der Waals surface area contributed by atoms with E-state index >= 15 is 0 Å². The van der Waals surface area contributed by atoms with E-state index in [4.69, 9.17) is 4.52 Å². The number of nitrogens with zero attached hydrogens (tertiary/aromatic N) is 1. The van der Waals surface area contributed by atoms with Gasteiger partial charge in [-0.3, -0.25) is 4.79 Å². The van der Waals surface area contributed by atoms with Crippen molar-refractivity contribution in [3.63, 3.8) is 0 Å². The lowest BCUT2D eigenvalue weighted by molar-refractivity contribution is -0.115. The molecule has 1 amide bonds. The number of hydrogen-bond donors (Lipinski definition) is 1. The summed E-state index contributed by atoms with van der Waals surface area (Å²) in [5.41, 5.74) is 3.75. The van der Waals surface area contributed by atoms with E-state index in [1.807, 2.05) is 26.0 Å². The average Bonchev–Trinajstić information content (AvgIpc) is 2.73. The Labute approximate surface area is 119 Å². The van der Waals surface area contributed by atoms with Crippen molar-refractivity contribution in [1.82, 2.24) is 5.16 Å². The summed E-state index contributed by atoms with van der Waals surface area (Å²) < 4.78 is 5.06. The Hall–Kier alpha value is -2.10. The molecule has 0 spiro atoms. The SMILES string of the molecule is CCCc1ccc(NC(=O)Cc2c(C)noc2C)cc1. The van der Waals surface area contributed by atoms with Crippen LogP contribution >= 0.6 is 0 Å². The number of nitrogens with one attached hydrogen (secondary N) is 1. The van der Waals surface area contributed by atoms with Crippen molar-refractivity contribution in [2.75, 3.05) is 5.32 Å². The van der Waals surface area contributed by atoms with E-state index in [-0.39, 0.29) is 12.3 Å². The van der Waals surface area contributed by atoms with E-state index < -0.39 is 0 Å². The van der Waals surface area contributed by atoms with Crippen molar-refractivity contribution < 1.29 is 9.32 Å². The minimum atomic E-state index is -0.0531. The maximum absolute atomic E-state index is 12.0. The summed E-state index contributed by atoms with van der Waals surface area (Å²) in [6.45, 7) is 5.82. The van der Waals surface area contributed by atoms with E-state index in [2.05, 4.69) is 29.5 Å². The third kappa shape index (κ3) is 3.47. The maximum atomic E-state index is 12.0. The quantitative estimate of drug-likeness (QED) is 0.907. The van der Waals surface area contributed by atoms with Crippen molar-refractivity contribution in [1.29, 1.82) is 0 Å². The molecule has 0 saturated carbocycles. The Morgan fingerprint density at radius 3 is 2.50 bits per heavy atom. The molecule has 20 heavy (non-hydrogen) atoms. The summed E-state index contributed by atoms with van der Waals surface area (Å²) in [7, 11) is 0. The second-order valence-electron chi connectivity index (χ2n) is 4.97. The van der Waals surface area contributed by atoms with Crippen LogP contribution in [0, 0.1) is 13.8 Å². The lowest BCUT2D eigenvalue weighted by atomic mass is 10.1. The second-order valence-corrected chi connectivity index (χ2v) is 4.97. The van der Waals surface area contributed by atoms with Gasteiger partial charge in [0.1, 0.15) is 5.76 Å². The Balaban J connectivity index is 1.97. The first kappa shape index (κ1) is 14.3. The third-order valence-corrected chi connectivity index (χ3v) is 3.29. The smallest absolute Gasteiger partial charge is 0.228 e. The lowest BCUT2D eigenvalue weighted by Gasteiger charge is -2.06. The van der Waals surface area contributed by atoms with Crippen LogP contribution in [0.2, 0.25) is 0 Å². The first-order valence-electron chi connectivity index (χ1n) is 6.90. The minimum absolute atomic E-state index is 0.0531. The summed E-state index contributed by atoms with van der Waals surface area (Å²) in [5.74, 6) is 0.651. The molecule has 0 atom stereocenters. The number of benzene rings is 1. The highest BCUT2D eigenvalue weighted by Crippen LogP contribution is 2.15. The van der Waals surface area contributed by atoms with Gasteiger partial charge in [0.15, 0.2) is 0 Å². The fraction of sp³-hybridized carbons (Fsp3) is 0.375. The topological polar surface area (TPSA) is 55.1 Å². The molecule has 0 aliphatic carbocycles. The van der Waals surface area contributed by atoms with E-state index in [9.17, 15) is 4.79 Å². The van der Waals surface area contributed by atoms with Gasteiger partial charge in [-0.1, -0.05) is 30.6 Å². The lowest BCUT2D eigenvalue weighted by Crippen LogP contribution is -2.15. The van der Waals surface area contributed by atoms with Crippen molar-refractivity contribution in [2.45, 2.75) is 40.0 Å². The minimum Gasteiger partial charge on any atom is -0.361 e. The number of aromatic nitrogens is 1. The van der Waals surface area contributed by atoms with Crippen LogP contribution in [0.3, 0.4) is 0 Å². The molecule has 2 aromatic rings. The predicted molar refractivity (Wildman–Crippen MR) is 78.7 cm³/mol. The normalized spacial score (nSPS) is 10.6. The Kier molecular flexibility index (Phi) is 4.56. The molecule has 0 bridgehead atoms. The van der Waals surface area contributed by atoms with Crippen molar-refractivity contribution >= 4 is 11.6 Å². The van der Waals surface area contributed by atoms with Crippen molar-refractivity contribution in [3.05, 3.63) is 46.8 Å². The van der Waals surface area contributed by atoms with Gasteiger partial charge in [0.25, 0.3) is 0 Å². The number of aryl methyl sites for hydroxylation is 3. The number of carbonyl (C=O) groups is 1. The fourth-order valence-electron chi connectivity index (χ4n) is 2.16. The highest BCUT2D eigenvalue weighted by Gasteiger charge is 2.13. The van der Waals surface area contributed by atoms with E-state index in [1.54, 1.807) is 0 Å². The van der Waals surface area contributed by atoms with Crippen LogP contribution in [0.4, 0.5) is 5.69 Å². The summed E-state index contributed by atoms with van der Waals surface area (Å²) in [4.78, 5) is 12.0. The molecule has 0 fully saturated rings. The molecule has 0 aliphatic heterocycles. The summed E-state index contributed by atoms with van der Waals surface area (Å²) in [5, 5.41) is 6.75.